The van der Waals surface area contributed by atoms with Gasteiger partial charge in [0.1, 0.15) is 11.6 Å². The molecule has 1 atom stereocenters. The van der Waals surface area contributed by atoms with Gasteiger partial charge >= 0.3 is 0 Å². The fourth-order valence-electron chi connectivity index (χ4n) is 3.87. The van der Waals surface area contributed by atoms with Gasteiger partial charge in [-0.25, -0.2) is 0 Å². The lowest BCUT2D eigenvalue weighted by Crippen LogP contribution is -2.36. The normalized spacial score (nSPS) is 27.8. The molecule has 112 valence electrons. The molecule has 1 aliphatic carbocycles. The molecule has 0 aromatic carbocycles. The van der Waals surface area contributed by atoms with E-state index in [0.29, 0.717) is 12.1 Å². The summed E-state index contributed by atoms with van der Waals surface area (Å²) in [6, 6.07) is 0.990. The summed E-state index contributed by atoms with van der Waals surface area (Å²) in [4.78, 5) is 0. The van der Waals surface area contributed by atoms with Crippen LogP contribution >= 0.6 is 0 Å². The number of aryl methyl sites for hydroxylation is 1. The Morgan fingerprint density at radius 1 is 1.10 bits per heavy atom. The van der Waals surface area contributed by atoms with E-state index in [1.807, 2.05) is 0 Å². The van der Waals surface area contributed by atoms with Crippen LogP contribution in [0.5, 0.6) is 0 Å². The van der Waals surface area contributed by atoms with Crippen molar-refractivity contribution < 1.29 is 0 Å². The van der Waals surface area contributed by atoms with E-state index in [1.165, 1.54) is 37.9 Å². The van der Waals surface area contributed by atoms with E-state index < -0.39 is 0 Å². The number of aromatic nitrogens is 3. The number of nitrogens with zero attached hydrogens (tertiary/aromatic N) is 3. The van der Waals surface area contributed by atoms with Crippen LogP contribution in [-0.2, 0) is 13.0 Å². The number of hydrogen-bond acceptors (Lipinski definition) is 3. The second-order valence-electron chi connectivity index (χ2n) is 6.97. The first-order valence-electron chi connectivity index (χ1n) is 8.33. The molecule has 20 heavy (non-hydrogen) atoms. The monoisotopic (exact) mass is 276 g/mol. The molecule has 2 heterocycles. The highest BCUT2D eigenvalue weighted by molar-refractivity contribution is 5.04. The van der Waals surface area contributed by atoms with E-state index in [1.54, 1.807) is 0 Å². The van der Waals surface area contributed by atoms with Crippen molar-refractivity contribution in [2.24, 2.45) is 11.8 Å². The van der Waals surface area contributed by atoms with Gasteiger partial charge in [0.25, 0.3) is 0 Å². The van der Waals surface area contributed by atoms with Crippen molar-refractivity contribution in [1.82, 2.24) is 20.1 Å². The lowest BCUT2D eigenvalue weighted by Gasteiger charge is -2.32. The lowest BCUT2D eigenvalue weighted by atomic mass is 9.79. The van der Waals surface area contributed by atoms with E-state index in [2.05, 4.69) is 40.9 Å². The van der Waals surface area contributed by atoms with E-state index in [4.69, 9.17) is 0 Å². The minimum atomic E-state index is 0.329. The summed E-state index contributed by atoms with van der Waals surface area (Å²) < 4.78 is 2.32. The molecular formula is C16H28N4. The summed E-state index contributed by atoms with van der Waals surface area (Å²) in [7, 11) is 0. The summed E-state index contributed by atoms with van der Waals surface area (Å²) in [5.41, 5.74) is 0. The van der Waals surface area contributed by atoms with Gasteiger partial charge < -0.3 is 9.88 Å². The highest BCUT2D eigenvalue weighted by atomic mass is 15.3. The molecule has 0 amide bonds. The molecule has 1 aromatic heterocycles. The van der Waals surface area contributed by atoms with Gasteiger partial charge in [0.15, 0.2) is 0 Å². The minimum absolute atomic E-state index is 0.329. The maximum absolute atomic E-state index is 4.40. The zero-order chi connectivity index (χ0) is 14.1. The van der Waals surface area contributed by atoms with Crippen molar-refractivity contribution in [3.8, 4) is 0 Å². The van der Waals surface area contributed by atoms with Gasteiger partial charge in [0, 0.05) is 19.0 Å². The SMILES string of the molecule is CC(NC1CCC(C(C)C)CC1)c1nnc2n1CCC2. The molecule has 0 spiro atoms. The van der Waals surface area contributed by atoms with Gasteiger partial charge in [-0.1, -0.05) is 13.8 Å². The number of hydrogen-bond donors (Lipinski definition) is 1. The van der Waals surface area contributed by atoms with Crippen LogP contribution in [0.2, 0.25) is 0 Å². The Labute approximate surface area is 122 Å². The van der Waals surface area contributed by atoms with Gasteiger partial charge in [0.2, 0.25) is 0 Å². The van der Waals surface area contributed by atoms with Gasteiger partial charge in [-0.2, -0.15) is 0 Å². The van der Waals surface area contributed by atoms with Gasteiger partial charge in [-0.3, -0.25) is 0 Å². The zero-order valence-corrected chi connectivity index (χ0v) is 13.1. The Kier molecular flexibility index (Phi) is 4.11. The predicted molar refractivity (Wildman–Crippen MR) is 80.5 cm³/mol. The Morgan fingerprint density at radius 2 is 1.85 bits per heavy atom. The topological polar surface area (TPSA) is 42.7 Å². The van der Waals surface area contributed by atoms with Crippen LogP contribution in [0.25, 0.3) is 0 Å². The molecular weight excluding hydrogens is 248 g/mol. The first kappa shape index (κ1) is 14.1. The number of fused-ring (bicyclic) bond motifs is 1. The average Bonchev–Trinajstić information content (AvgIpc) is 3.01. The van der Waals surface area contributed by atoms with Crippen LogP contribution in [0, 0.1) is 11.8 Å². The summed E-state index contributed by atoms with van der Waals surface area (Å²) in [5.74, 6) is 4.09. The second-order valence-corrected chi connectivity index (χ2v) is 6.97. The Bertz CT molecular complexity index is 443. The molecule has 1 unspecified atom stereocenters. The second kappa shape index (κ2) is 5.84. The third kappa shape index (κ3) is 2.76. The van der Waals surface area contributed by atoms with Crippen molar-refractivity contribution in [1.29, 1.82) is 0 Å². The van der Waals surface area contributed by atoms with Crippen LogP contribution in [-0.4, -0.2) is 20.8 Å². The molecule has 0 bridgehead atoms. The molecule has 1 fully saturated rings. The highest BCUT2D eigenvalue weighted by Crippen LogP contribution is 2.31. The van der Waals surface area contributed by atoms with Crippen LogP contribution < -0.4 is 5.32 Å². The van der Waals surface area contributed by atoms with Gasteiger partial charge in [-0.15, -0.1) is 10.2 Å². The van der Waals surface area contributed by atoms with E-state index in [9.17, 15) is 0 Å². The molecule has 3 rings (SSSR count). The summed E-state index contributed by atoms with van der Waals surface area (Å²) >= 11 is 0. The van der Waals surface area contributed by atoms with Gasteiger partial charge in [-0.05, 0) is 50.9 Å². The highest BCUT2D eigenvalue weighted by Gasteiger charge is 2.26. The number of nitrogens with one attached hydrogen (secondary N) is 1. The molecule has 0 saturated heterocycles. The molecule has 1 saturated carbocycles. The van der Waals surface area contributed by atoms with Crippen molar-refractivity contribution in [3.63, 3.8) is 0 Å². The molecule has 1 aromatic rings. The molecule has 2 aliphatic rings. The van der Waals surface area contributed by atoms with Crippen LogP contribution in [0.15, 0.2) is 0 Å². The largest absolute Gasteiger partial charge is 0.314 e. The fraction of sp³-hybridized carbons (Fsp3) is 0.875. The van der Waals surface area contributed by atoms with Crippen LogP contribution in [0.3, 0.4) is 0 Å². The summed E-state index contributed by atoms with van der Waals surface area (Å²) in [6.07, 6.45) is 7.70. The fourth-order valence-corrected chi connectivity index (χ4v) is 3.87. The van der Waals surface area contributed by atoms with Crippen LogP contribution in [0.4, 0.5) is 0 Å². The maximum atomic E-state index is 4.40. The molecule has 4 nitrogen and oxygen atoms in total. The zero-order valence-electron chi connectivity index (χ0n) is 13.1. The van der Waals surface area contributed by atoms with E-state index in [0.717, 1.165) is 30.6 Å². The smallest absolute Gasteiger partial charge is 0.149 e. The Balaban J connectivity index is 1.56. The summed E-state index contributed by atoms with van der Waals surface area (Å²) in [5, 5.41) is 12.5. The standard InChI is InChI=1S/C16H28N4/c1-11(2)13-6-8-14(9-7-13)17-12(3)16-19-18-15-5-4-10-20(15)16/h11-14,17H,4-10H2,1-3H3. The third-order valence-electron chi connectivity index (χ3n) is 5.23. The number of rotatable bonds is 4. The van der Waals surface area contributed by atoms with E-state index >= 15 is 0 Å². The lowest BCUT2D eigenvalue weighted by molar-refractivity contribution is 0.229. The molecule has 1 N–H and O–H groups in total. The Morgan fingerprint density at radius 3 is 2.55 bits per heavy atom. The third-order valence-corrected chi connectivity index (χ3v) is 5.23. The first-order chi connectivity index (χ1) is 9.65. The van der Waals surface area contributed by atoms with E-state index in [-0.39, 0.29) is 0 Å². The van der Waals surface area contributed by atoms with Crippen LogP contribution in [0.1, 0.15) is 70.6 Å². The average molecular weight is 276 g/mol. The van der Waals surface area contributed by atoms with Gasteiger partial charge in [0.05, 0.1) is 6.04 Å². The molecule has 4 heteroatoms. The van der Waals surface area contributed by atoms with Crippen molar-refractivity contribution in [2.75, 3.05) is 0 Å². The first-order valence-corrected chi connectivity index (χ1v) is 8.33. The molecule has 0 radical (unpaired) electrons. The minimum Gasteiger partial charge on any atom is -0.314 e. The summed E-state index contributed by atoms with van der Waals surface area (Å²) in [6.45, 7) is 8.06. The molecule has 1 aliphatic heterocycles. The predicted octanol–water partition coefficient (Wildman–Crippen LogP) is 3.09. The quantitative estimate of drug-likeness (QED) is 0.919. The van der Waals surface area contributed by atoms with Crippen molar-refractivity contribution >= 4 is 0 Å². The van der Waals surface area contributed by atoms with Crippen molar-refractivity contribution in [3.05, 3.63) is 11.6 Å². The van der Waals surface area contributed by atoms with Crippen molar-refractivity contribution in [2.45, 2.75) is 77.9 Å². The maximum Gasteiger partial charge on any atom is 0.149 e. The Hall–Kier alpha value is -0.900.